The van der Waals surface area contributed by atoms with Crippen molar-refractivity contribution in [2.45, 2.75) is 32.1 Å². The second-order valence-corrected chi connectivity index (χ2v) is 7.32. The third kappa shape index (κ3) is 4.10. The smallest absolute Gasteiger partial charge is 0.168 e. The van der Waals surface area contributed by atoms with Crippen LogP contribution in [0.2, 0.25) is 0 Å². The third-order valence-electron chi connectivity index (χ3n) is 4.86. The van der Waals surface area contributed by atoms with Gasteiger partial charge in [0.05, 0.1) is 5.57 Å². The molecule has 0 unspecified atom stereocenters. The van der Waals surface area contributed by atoms with Crippen LogP contribution >= 0.6 is 0 Å². The Kier molecular flexibility index (Phi) is 5.36. The zero-order chi connectivity index (χ0) is 18.7. The molecule has 3 heteroatoms. The summed E-state index contributed by atoms with van der Waals surface area (Å²) in [6, 6.07) is 16.7. The molecule has 0 radical (unpaired) electrons. The molecule has 0 aromatic heterocycles. The van der Waals surface area contributed by atoms with Gasteiger partial charge in [-0.3, -0.25) is 9.59 Å². The summed E-state index contributed by atoms with van der Waals surface area (Å²) in [5.41, 5.74) is 5.14. The fourth-order valence-electron chi connectivity index (χ4n) is 3.54. The number of aryl methyl sites for hydroxylation is 1. The maximum absolute atomic E-state index is 12.5. The van der Waals surface area contributed by atoms with Crippen molar-refractivity contribution in [1.82, 2.24) is 4.90 Å². The number of nitrogens with zero attached hydrogens (tertiary/aromatic N) is 1. The van der Waals surface area contributed by atoms with Crippen LogP contribution in [0.15, 0.2) is 60.3 Å². The fourth-order valence-corrected chi connectivity index (χ4v) is 3.54. The van der Waals surface area contributed by atoms with Crippen molar-refractivity contribution in [1.29, 1.82) is 0 Å². The molecular formula is C23H25NO2. The van der Waals surface area contributed by atoms with Crippen LogP contribution in [0.4, 0.5) is 0 Å². The van der Waals surface area contributed by atoms with Crippen LogP contribution in [-0.4, -0.2) is 30.6 Å². The van der Waals surface area contributed by atoms with Gasteiger partial charge in [0.2, 0.25) is 0 Å². The van der Waals surface area contributed by atoms with Gasteiger partial charge in [-0.15, -0.1) is 0 Å². The minimum atomic E-state index is -0.0508. The Bertz CT molecular complexity index is 827. The molecule has 0 heterocycles. The van der Waals surface area contributed by atoms with Gasteiger partial charge < -0.3 is 4.90 Å². The number of hydrogen-bond donors (Lipinski definition) is 0. The summed E-state index contributed by atoms with van der Waals surface area (Å²) in [5, 5.41) is 0. The lowest BCUT2D eigenvalue weighted by Crippen LogP contribution is -2.26. The lowest BCUT2D eigenvalue weighted by Gasteiger charge is -2.25. The number of ketones is 2. The summed E-state index contributed by atoms with van der Waals surface area (Å²) in [6.07, 6.45) is 3.27. The first kappa shape index (κ1) is 18.1. The summed E-state index contributed by atoms with van der Waals surface area (Å²) in [6.45, 7) is 2.08. The quantitative estimate of drug-likeness (QED) is 0.619. The number of carbonyl (C=O) groups is 2. The third-order valence-corrected chi connectivity index (χ3v) is 4.86. The number of rotatable bonds is 4. The Morgan fingerprint density at radius 1 is 0.962 bits per heavy atom. The van der Waals surface area contributed by atoms with Crippen LogP contribution < -0.4 is 0 Å². The van der Waals surface area contributed by atoms with Gasteiger partial charge in [0.15, 0.2) is 11.6 Å². The number of allylic oxidation sites excluding steroid dienone is 1. The molecule has 1 aliphatic rings. The average molecular weight is 347 g/mol. The van der Waals surface area contributed by atoms with Crippen molar-refractivity contribution in [2.24, 2.45) is 0 Å². The summed E-state index contributed by atoms with van der Waals surface area (Å²) >= 11 is 0. The van der Waals surface area contributed by atoms with E-state index in [-0.39, 0.29) is 17.5 Å². The standard InChI is InChI=1S/C23H25NO2/c1-16-8-10-17(11-9-16)12-18-6-4-5-7-20(18)19-13-22(25)21(15-24(2)3)23(26)14-19/h4-11,15,19H,12-14H2,1-3H3. The molecule has 26 heavy (non-hydrogen) atoms. The first-order valence-corrected chi connectivity index (χ1v) is 9.02. The van der Waals surface area contributed by atoms with Gasteiger partial charge >= 0.3 is 0 Å². The lowest BCUT2D eigenvalue weighted by molar-refractivity contribution is -0.124. The van der Waals surface area contributed by atoms with Crippen molar-refractivity contribution in [3.8, 4) is 0 Å². The number of Topliss-reactive ketones (excluding diaryl/α,β-unsaturated/α-hetero) is 2. The Morgan fingerprint density at radius 3 is 2.19 bits per heavy atom. The summed E-state index contributed by atoms with van der Waals surface area (Å²) in [5.74, 6) is -0.133. The zero-order valence-corrected chi connectivity index (χ0v) is 15.7. The molecule has 3 rings (SSSR count). The van der Waals surface area contributed by atoms with Crippen LogP contribution in [0.1, 0.15) is 41.0 Å². The second-order valence-electron chi connectivity index (χ2n) is 7.32. The first-order valence-electron chi connectivity index (χ1n) is 9.02. The largest absolute Gasteiger partial charge is 0.383 e. The van der Waals surface area contributed by atoms with Crippen molar-refractivity contribution in [2.75, 3.05) is 14.1 Å². The molecule has 1 aliphatic carbocycles. The maximum Gasteiger partial charge on any atom is 0.168 e. The van der Waals surface area contributed by atoms with Crippen molar-refractivity contribution in [3.05, 3.63) is 82.6 Å². The van der Waals surface area contributed by atoms with E-state index in [2.05, 4.69) is 43.3 Å². The highest BCUT2D eigenvalue weighted by atomic mass is 16.1. The van der Waals surface area contributed by atoms with E-state index >= 15 is 0 Å². The van der Waals surface area contributed by atoms with Crippen molar-refractivity contribution >= 4 is 11.6 Å². The molecule has 0 bridgehead atoms. The van der Waals surface area contributed by atoms with Gasteiger partial charge in [0, 0.05) is 33.1 Å². The molecule has 3 nitrogen and oxygen atoms in total. The highest BCUT2D eigenvalue weighted by Crippen LogP contribution is 2.34. The fraction of sp³-hybridized carbons (Fsp3) is 0.304. The topological polar surface area (TPSA) is 37.4 Å². The number of benzene rings is 2. The summed E-state index contributed by atoms with van der Waals surface area (Å²) in [7, 11) is 3.66. The minimum Gasteiger partial charge on any atom is -0.383 e. The molecule has 2 aromatic carbocycles. The molecule has 0 spiro atoms. The Morgan fingerprint density at radius 2 is 1.58 bits per heavy atom. The molecule has 0 N–H and O–H groups in total. The van der Waals surface area contributed by atoms with Crippen LogP contribution in [0, 0.1) is 6.92 Å². The highest BCUT2D eigenvalue weighted by Gasteiger charge is 2.32. The van der Waals surface area contributed by atoms with Gasteiger partial charge in [-0.2, -0.15) is 0 Å². The Labute approximate surface area is 155 Å². The monoisotopic (exact) mass is 347 g/mol. The van der Waals surface area contributed by atoms with Gasteiger partial charge in [0.1, 0.15) is 0 Å². The molecule has 1 saturated carbocycles. The van der Waals surface area contributed by atoms with E-state index in [1.807, 2.05) is 26.2 Å². The Hall–Kier alpha value is -2.68. The van der Waals surface area contributed by atoms with Gasteiger partial charge in [-0.05, 0) is 36.0 Å². The highest BCUT2D eigenvalue weighted by molar-refractivity contribution is 6.22. The van der Waals surface area contributed by atoms with Crippen molar-refractivity contribution < 1.29 is 9.59 Å². The van der Waals surface area contributed by atoms with E-state index in [1.54, 1.807) is 11.1 Å². The maximum atomic E-state index is 12.5. The lowest BCUT2D eigenvalue weighted by atomic mass is 9.78. The van der Waals surface area contributed by atoms with Crippen LogP contribution in [0.3, 0.4) is 0 Å². The van der Waals surface area contributed by atoms with E-state index in [0.29, 0.717) is 18.4 Å². The molecule has 2 aromatic rings. The Balaban J connectivity index is 1.85. The van der Waals surface area contributed by atoms with E-state index in [4.69, 9.17) is 0 Å². The van der Waals surface area contributed by atoms with E-state index in [0.717, 1.165) is 12.0 Å². The van der Waals surface area contributed by atoms with Crippen LogP contribution in [-0.2, 0) is 16.0 Å². The molecule has 0 amide bonds. The SMILES string of the molecule is Cc1ccc(Cc2ccccc2C2CC(=O)C(=CN(C)C)C(=O)C2)cc1. The number of hydrogen-bond acceptors (Lipinski definition) is 3. The van der Waals surface area contributed by atoms with E-state index in [1.165, 1.54) is 16.7 Å². The predicted octanol–water partition coefficient (Wildman–Crippen LogP) is 4.05. The molecule has 134 valence electrons. The normalized spacial score (nSPS) is 17.3. The van der Waals surface area contributed by atoms with Gasteiger partial charge in [-0.25, -0.2) is 0 Å². The molecule has 0 aliphatic heterocycles. The van der Waals surface area contributed by atoms with E-state index < -0.39 is 0 Å². The second kappa shape index (κ2) is 7.69. The molecular weight excluding hydrogens is 322 g/mol. The average Bonchev–Trinajstić information content (AvgIpc) is 2.60. The molecule has 0 saturated heterocycles. The van der Waals surface area contributed by atoms with Crippen LogP contribution in [0.5, 0.6) is 0 Å². The van der Waals surface area contributed by atoms with Crippen LogP contribution in [0.25, 0.3) is 0 Å². The predicted molar refractivity (Wildman–Crippen MR) is 104 cm³/mol. The summed E-state index contributed by atoms with van der Waals surface area (Å²) < 4.78 is 0. The van der Waals surface area contributed by atoms with E-state index in [9.17, 15) is 9.59 Å². The zero-order valence-electron chi connectivity index (χ0n) is 15.7. The first-order chi connectivity index (χ1) is 12.4. The summed E-state index contributed by atoms with van der Waals surface area (Å²) in [4.78, 5) is 26.8. The molecule has 0 atom stereocenters. The van der Waals surface area contributed by atoms with Crippen molar-refractivity contribution in [3.63, 3.8) is 0 Å². The molecule has 1 fully saturated rings. The number of carbonyl (C=O) groups excluding carboxylic acids is 2. The minimum absolute atomic E-state index is 0.0315. The van der Waals surface area contributed by atoms with Gasteiger partial charge in [0.25, 0.3) is 0 Å². The van der Waals surface area contributed by atoms with Gasteiger partial charge in [-0.1, -0.05) is 54.1 Å².